The molecular weight excluding hydrogens is 172 g/mol. The summed E-state index contributed by atoms with van der Waals surface area (Å²) in [5.74, 6) is 0. The average molecular weight is 186 g/mol. The Kier molecular flexibility index (Phi) is 1.43. The van der Waals surface area contributed by atoms with Gasteiger partial charge in [0.25, 0.3) is 0 Å². The highest BCUT2D eigenvalue weighted by Gasteiger charge is 2.33. The van der Waals surface area contributed by atoms with Crippen molar-refractivity contribution in [2.24, 2.45) is 0 Å². The molecule has 0 aliphatic carbocycles. The van der Waals surface area contributed by atoms with E-state index in [1.165, 1.54) is 16.8 Å². The second-order valence-corrected chi connectivity index (χ2v) is 4.14. The maximum atomic E-state index is 2.38. The highest BCUT2D eigenvalue weighted by atomic mass is 15.4. The van der Waals surface area contributed by atoms with E-state index < -0.39 is 0 Å². The van der Waals surface area contributed by atoms with Gasteiger partial charge in [-0.1, -0.05) is 18.2 Å². The number of fused-ring (bicyclic) bond motifs is 3. The third kappa shape index (κ3) is 0.857. The molecule has 1 unspecified atom stereocenters. The molecule has 2 heterocycles. The molecule has 0 bridgehead atoms. The lowest BCUT2D eigenvalue weighted by Gasteiger charge is -2.23. The molecule has 14 heavy (non-hydrogen) atoms. The number of para-hydroxylation sites is 1. The molecule has 2 nitrogen and oxygen atoms in total. The summed E-state index contributed by atoms with van der Waals surface area (Å²) >= 11 is 0. The summed E-state index contributed by atoms with van der Waals surface area (Å²) < 4.78 is 0. The Morgan fingerprint density at radius 2 is 2.14 bits per heavy atom. The molecule has 0 aromatic heterocycles. The van der Waals surface area contributed by atoms with Crippen LogP contribution in [0.15, 0.2) is 30.6 Å². The molecule has 0 saturated heterocycles. The summed E-state index contributed by atoms with van der Waals surface area (Å²) in [4.78, 5) is 4.66. The Morgan fingerprint density at radius 3 is 3.00 bits per heavy atom. The van der Waals surface area contributed by atoms with Gasteiger partial charge in [0.15, 0.2) is 0 Å². The number of hydrogen-bond acceptors (Lipinski definition) is 2. The van der Waals surface area contributed by atoms with Gasteiger partial charge in [-0.15, -0.1) is 0 Å². The van der Waals surface area contributed by atoms with Gasteiger partial charge in [-0.3, -0.25) is 0 Å². The fraction of sp³-hybridized carbons (Fsp3) is 0.333. The van der Waals surface area contributed by atoms with E-state index in [-0.39, 0.29) is 0 Å². The summed E-state index contributed by atoms with van der Waals surface area (Å²) in [5, 5.41) is 0. The van der Waals surface area contributed by atoms with Crippen LogP contribution in [0.1, 0.15) is 11.1 Å². The van der Waals surface area contributed by atoms with Crippen LogP contribution in [0.4, 0.5) is 5.69 Å². The third-order valence-corrected chi connectivity index (χ3v) is 3.24. The van der Waals surface area contributed by atoms with Crippen molar-refractivity contribution in [3.8, 4) is 0 Å². The minimum atomic E-state index is 0.520. The first-order valence-electron chi connectivity index (χ1n) is 5.04. The minimum Gasteiger partial charge on any atom is -0.358 e. The molecule has 0 saturated carbocycles. The molecule has 3 rings (SSSR count). The molecule has 0 spiro atoms. The van der Waals surface area contributed by atoms with E-state index in [0.29, 0.717) is 6.17 Å². The molecule has 0 fully saturated rings. The highest BCUT2D eigenvalue weighted by molar-refractivity contribution is 5.66. The lowest BCUT2D eigenvalue weighted by atomic mass is 10.1. The average Bonchev–Trinajstić information content (AvgIpc) is 2.68. The lowest BCUT2D eigenvalue weighted by molar-refractivity contribution is 0.369. The summed E-state index contributed by atoms with van der Waals surface area (Å²) in [6.07, 6.45) is 6.00. The number of rotatable bonds is 0. The van der Waals surface area contributed by atoms with Crippen molar-refractivity contribution in [2.45, 2.75) is 19.5 Å². The molecule has 1 aromatic carbocycles. The number of likely N-dealkylation sites (N-methyl/N-ethyl adjacent to an activating group) is 1. The first-order chi connectivity index (χ1) is 6.77. The van der Waals surface area contributed by atoms with Crippen molar-refractivity contribution in [2.75, 3.05) is 11.9 Å². The molecule has 72 valence electrons. The Hall–Kier alpha value is -1.44. The van der Waals surface area contributed by atoms with Gasteiger partial charge in [0, 0.05) is 31.6 Å². The number of anilines is 1. The van der Waals surface area contributed by atoms with E-state index in [1.54, 1.807) is 0 Å². The van der Waals surface area contributed by atoms with Crippen molar-refractivity contribution >= 4 is 5.69 Å². The van der Waals surface area contributed by atoms with Crippen molar-refractivity contribution in [3.63, 3.8) is 0 Å². The topological polar surface area (TPSA) is 6.48 Å². The smallest absolute Gasteiger partial charge is 0.109 e. The van der Waals surface area contributed by atoms with Crippen LogP contribution in [0.2, 0.25) is 0 Å². The number of benzene rings is 1. The van der Waals surface area contributed by atoms with Gasteiger partial charge in [-0.05, 0) is 18.1 Å². The van der Waals surface area contributed by atoms with Gasteiger partial charge < -0.3 is 9.80 Å². The molecular formula is C12H14N2. The number of hydrogen-bond donors (Lipinski definition) is 0. The van der Waals surface area contributed by atoms with Crippen molar-refractivity contribution in [1.82, 2.24) is 4.90 Å². The van der Waals surface area contributed by atoms with E-state index >= 15 is 0 Å². The molecule has 2 aliphatic heterocycles. The van der Waals surface area contributed by atoms with Gasteiger partial charge >= 0.3 is 0 Å². The second-order valence-electron chi connectivity index (χ2n) is 4.14. The van der Waals surface area contributed by atoms with Gasteiger partial charge in [0.05, 0.1) is 0 Å². The monoisotopic (exact) mass is 186 g/mol. The van der Waals surface area contributed by atoms with Crippen LogP contribution in [-0.4, -0.2) is 18.1 Å². The second kappa shape index (κ2) is 2.53. The zero-order valence-corrected chi connectivity index (χ0v) is 8.57. The van der Waals surface area contributed by atoms with Crippen LogP contribution in [0.25, 0.3) is 0 Å². The van der Waals surface area contributed by atoms with Crippen molar-refractivity contribution in [3.05, 3.63) is 41.7 Å². The van der Waals surface area contributed by atoms with Crippen LogP contribution in [0.3, 0.4) is 0 Å². The van der Waals surface area contributed by atoms with Crippen LogP contribution >= 0.6 is 0 Å². The first kappa shape index (κ1) is 7.92. The van der Waals surface area contributed by atoms with Gasteiger partial charge in [-0.2, -0.15) is 0 Å². The molecule has 1 atom stereocenters. The van der Waals surface area contributed by atoms with Crippen molar-refractivity contribution in [1.29, 1.82) is 0 Å². The SMILES string of the molecule is Cc1cccc2c1N1C=CN(C)C1C2. The maximum Gasteiger partial charge on any atom is 0.109 e. The van der Waals surface area contributed by atoms with Gasteiger partial charge in [0.1, 0.15) is 6.17 Å². The summed E-state index contributed by atoms with van der Waals surface area (Å²) in [6.45, 7) is 2.19. The fourth-order valence-electron chi connectivity index (χ4n) is 2.49. The molecule has 0 radical (unpaired) electrons. The Bertz CT molecular complexity index is 409. The predicted molar refractivity (Wildman–Crippen MR) is 58.1 cm³/mol. The highest BCUT2D eigenvalue weighted by Crippen LogP contribution is 2.38. The van der Waals surface area contributed by atoms with E-state index in [9.17, 15) is 0 Å². The predicted octanol–water partition coefficient (Wildman–Crippen LogP) is 2.10. The zero-order chi connectivity index (χ0) is 9.71. The van der Waals surface area contributed by atoms with Gasteiger partial charge in [-0.25, -0.2) is 0 Å². The van der Waals surface area contributed by atoms with Crippen LogP contribution in [-0.2, 0) is 6.42 Å². The van der Waals surface area contributed by atoms with E-state index in [1.807, 2.05) is 0 Å². The molecule has 2 heteroatoms. The minimum absolute atomic E-state index is 0.520. The molecule has 0 amide bonds. The third-order valence-electron chi connectivity index (χ3n) is 3.24. The molecule has 0 N–H and O–H groups in total. The largest absolute Gasteiger partial charge is 0.358 e. The van der Waals surface area contributed by atoms with Gasteiger partial charge in [0.2, 0.25) is 0 Å². The first-order valence-corrected chi connectivity index (χ1v) is 5.04. The van der Waals surface area contributed by atoms with E-state index in [2.05, 4.69) is 54.4 Å². The molecule has 1 aromatic rings. The normalized spacial score (nSPS) is 22.9. The zero-order valence-electron chi connectivity index (χ0n) is 8.57. The standard InChI is InChI=1S/C12H14N2/c1-9-4-3-5-10-8-11-13(2)6-7-14(11)12(9)10/h3-7,11H,8H2,1-2H3. The molecule has 2 aliphatic rings. The Labute approximate surface area is 84.4 Å². The Balaban J connectivity index is 2.14. The number of nitrogens with zero attached hydrogens (tertiary/aromatic N) is 2. The lowest BCUT2D eigenvalue weighted by Crippen LogP contribution is -2.33. The van der Waals surface area contributed by atoms with Crippen LogP contribution in [0.5, 0.6) is 0 Å². The fourth-order valence-corrected chi connectivity index (χ4v) is 2.49. The number of aryl methyl sites for hydroxylation is 1. The van der Waals surface area contributed by atoms with Crippen LogP contribution in [0, 0.1) is 6.92 Å². The summed E-state index contributed by atoms with van der Waals surface area (Å²) in [7, 11) is 2.14. The quantitative estimate of drug-likeness (QED) is 0.612. The maximum absolute atomic E-state index is 2.38. The Morgan fingerprint density at radius 1 is 1.29 bits per heavy atom. The van der Waals surface area contributed by atoms with E-state index in [0.717, 1.165) is 6.42 Å². The summed E-state index contributed by atoms with van der Waals surface area (Å²) in [5.41, 5.74) is 4.27. The summed E-state index contributed by atoms with van der Waals surface area (Å²) in [6, 6.07) is 6.58. The van der Waals surface area contributed by atoms with Crippen LogP contribution < -0.4 is 4.90 Å². The van der Waals surface area contributed by atoms with E-state index in [4.69, 9.17) is 0 Å². The van der Waals surface area contributed by atoms with Crippen molar-refractivity contribution < 1.29 is 0 Å².